The van der Waals surface area contributed by atoms with Gasteiger partial charge in [0.05, 0.1) is 0 Å². The molecule has 0 radical (unpaired) electrons. The molecule has 0 spiro atoms. The maximum absolute atomic E-state index is 12.3. The third-order valence-electron chi connectivity index (χ3n) is 4.14. The first-order valence-electron chi connectivity index (χ1n) is 8.76. The van der Waals surface area contributed by atoms with Crippen LogP contribution >= 0.6 is 11.6 Å². The molecular weight excluding hydrogens is 396 g/mol. The van der Waals surface area contributed by atoms with Crippen LogP contribution in [0.3, 0.4) is 0 Å². The maximum Gasteiger partial charge on any atom is 0.274 e. The summed E-state index contributed by atoms with van der Waals surface area (Å²) >= 11 is 5.83. The van der Waals surface area contributed by atoms with E-state index < -0.39 is 0 Å². The molecular formula is C19H15ClN6O3. The summed E-state index contributed by atoms with van der Waals surface area (Å²) in [5, 5.41) is 12.6. The van der Waals surface area contributed by atoms with Crippen LogP contribution in [0.15, 0.2) is 58.4 Å². The minimum absolute atomic E-state index is 0.194. The van der Waals surface area contributed by atoms with Crippen molar-refractivity contribution in [1.82, 2.24) is 20.1 Å². The van der Waals surface area contributed by atoms with E-state index in [2.05, 4.69) is 25.5 Å². The Morgan fingerprint density at radius 2 is 1.90 bits per heavy atom. The van der Waals surface area contributed by atoms with Gasteiger partial charge in [-0.1, -0.05) is 16.8 Å². The van der Waals surface area contributed by atoms with Crippen LogP contribution < -0.4 is 5.32 Å². The molecule has 0 atom stereocenters. The van der Waals surface area contributed by atoms with Crippen LogP contribution in [0.4, 0.5) is 5.69 Å². The molecule has 0 bridgehead atoms. The van der Waals surface area contributed by atoms with E-state index in [-0.39, 0.29) is 30.7 Å². The first-order valence-corrected chi connectivity index (χ1v) is 9.14. The summed E-state index contributed by atoms with van der Waals surface area (Å²) in [5.74, 6) is -0.0241. The Balaban J connectivity index is 1.47. The molecule has 3 aromatic rings. The first kappa shape index (κ1) is 18.8. The van der Waals surface area contributed by atoms with Gasteiger partial charge in [0, 0.05) is 41.5 Å². The smallest absolute Gasteiger partial charge is 0.274 e. The predicted octanol–water partition coefficient (Wildman–Crippen LogP) is 2.75. The lowest BCUT2D eigenvalue weighted by atomic mass is 10.1. The van der Waals surface area contributed by atoms with Crippen molar-refractivity contribution in [2.75, 3.05) is 11.9 Å². The summed E-state index contributed by atoms with van der Waals surface area (Å²) in [7, 11) is 0. The fourth-order valence-corrected chi connectivity index (χ4v) is 2.83. The van der Waals surface area contributed by atoms with E-state index in [1.54, 1.807) is 48.8 Å². The maximum atomic E-state index is 12.3. The lowest BCUT2D eigenvalue weighted by molar-refractivity contribution is -0.135. The van der Waals surface area contributed by atoms with Gasteiger partial charge in [0.2, 0.25) is 17.6 Å². The molecule has 0 saturated heterocycles. The van der Waals surface area contributed by atoms with E-state index in [9.17, 15) is 9.59 Å². The number of carbonyl (C=O) groups excluding carboxylic acids is 2. The number of hydrazone groups is 1. The average Bonchev–Trinajstić information content (AvgIpc) is 3.22. The van der Waals surface area contributed by atoms with Crippen molar-refractivity contribution in [1.29, 1.82) is 0 Å². The Morgan fingerprint density at radius 3 is 2.66 bits per heavy atom. The molecule has 1 aliphatic rings. The lowest BCUT2D eigenvalue weighted by Crippen LogP contribution is -2.38. The van der Waals surface area contributed by atoms with Gasteiger partial charge in [0.15, 0.2) is 0 Å². The van der Waals surface area contributed by atoms with Crippen LogP contribution in [-0.4, -0.2) is 44.2 Å². The van der Waals surface area contributed by atoms with E-state index >= 15 is 0 Å². The van der Waals surface area contributed by atoms with Crippen LogP contribution in [0.25, 0.3) is 11.4 Å². The van der Waals surface area contributed by atoms with Crippen molar-refractivity contribution in [3.63, 3.8) is 0 Å². The summed E-state index contributed by atoms with van der Waals surface area (Å²) in [6, 6.07) is 10.2. The highest BCUT2D eigenvalue weighted by Crippen LogP contribution is 2.19. The van der Waals surface area contributed by atoms with E-state index in [1.807, 2.05) is 0 Å². The van der Waals surface area contributed by atoms with Crippen LogP contribution in [0.5, 0.6) is 0 Å². The fourth-order valence-electron chi connectivity index (χ4n) is 2.71. The van der Waals surface area contributed by atoms with Crippen LogP contribution in [0, 0.1) is 0 Å². The van der Waals surface area contributed by atoms with E-state index in [0.29, 0.717) is 28.7 Å². The monoisotopic (exact) mass is 410 g/mol. The summed E-state index contributed by atoms with van der Waals surface area (Å²) in [6.07, 6.45) is 3.80. The van der Waals surface area contributed by atoms with Crippen molar-refractivity contribution >= 4 is 34.8 Å². The van der Waals surface area contributed by atoms with Gasteiger partial charge in [0.1, 0.15) is 12.3 Å². The zero-order chi connectivity index (χ0) is 20.2. The van der Waals surface area contributed by atoms with E-state index in [0.717, 1.165) is 10.6 Å². The number of anilines is 1. The second-order valence-corrected chi connectivity index (χ2v) is 6.65. The number of nitrogens with zero attached hydrogens (tertiary/aromatic N) is 5. The van der Waals surface area contributed by atoms with Crippen LogP contribution in [-0.2, 0) is 9.59 Å². The van der Waals surface area contributed by atoms with Gasteiger partial charge in [-0.25, -0.2) is 5.01 Å². The van der Waals surface area contributed by atoms with Crippen molar-refractivity contribution < 1.29 is 14.1 Å². The standard InChI is InChI=1S/C19H15ClN6O3/c20-13-1-3-14(4-2-13)22-16(27)11-26-17(28)6-5-15(24-26)19-23-18(25-29-19)12-7-9-21-10-8-12/h1-4,7-10H,5-6,11H2,(H,22,27). The SMILES string of the molecule is O=C(CN1N=C(c2nc(-c3ccncc3)no2)CCC1=O)Nc1ccc(Cl)cc1. The molecule has 2 amide bonds. The van der Waals surface area contributed by atoms with Gasteiger partial charge < -0.3 is 9.84 Å². The molecule has 9 nitrogen and oxygen atoms in total. The molecule has 0 aliphatic carbocycles. The number of benzene rings is 1. The molecule has 146 valence electrons. The summed E-state index contributed by atoms with van der Waals surface area (Å²) < 4.78 is 5.29. The topological polar surface area (TPSA) is 114 Å². The van der Waals surface area contributed by atoms with Crippen LogP contribution in [0.1, 0.15) is 18.7 Å². The van der Waals surface area contributed by atoms with Crippen molar-refractivity contribution in [2.24, 2.45) is 5.10 Å². The van der Waals surface area contributed by atoms with Gasteiger partial charge >= 0.3 is 0 Å². The highest BCUT2D eigenvalue weighted by molar-refractivity contribution is 6.30. The average molecular weight is 411 g/mol. The largest absolute Gasteiger partial charge is 0.332 e. The van der Waals surface area contributed by atoms with Crippen LogP contribution in [0.2, 0.25) is 5.02 Å². The number of hydrogen-bond acceptors (Lipinski definition) is 7. The predicted molar refractivity (Wildman–Crippen MR) is 105 cm³/mol. The van der Waals surface area contributed by atoms with Gasteiger partial charge in [0.25, 0.3) is 5.89 Å². The fraction of sp³-hybridized carbons (Fsp3) is 0.158. The van der Waals surface area contributed by atoms with E-state index in [1.165, 1.54) is 0 Å². The number of rotatable bonds is 5. The second kappa shape index (κ2) is 8.19. The third-order valence-corrected chi connectivity index (χ3v) is 4.39. The van der Waals surface area contributed by atoms with Crippen molar-refractivity contribution in [2.45, 2.75) is 12.8 Å². The first-order chi connectivity index (χ1) is 14.1. The highest BCUT2D eigenvalue weighted by Gasteiger charge is 2.26. The molecule has 0 saturated carbocycles. The number of pyridine rings is 1. The molecule has 10 heteroatoms. The lowest BCUT2D eigenvalue weighted by Gasteiger charge is -2.21. The molecule has 1 N–H and O–H groups in total. The third kappa shape index (κ3) is 4.46. The molecule has 0 unspecified atom stereocenters. The summed E-state index contributed by atoms with van der Waals surface area (Å²) in [6.45, 7) is -0.226. The van der Waals surface area contributed by atoms with Gasteiger partial charge in [-0.05, 0) is 36.4 Å². The summed E-state index contributed by atoms with van der Waals surface area (Å²) in [4.78, 5) is 32.7. The zero-order valence-electron chi connectivity index (χ0n) is 15.1. The molecule has 1 aliphatic heterocycles. The Bertz CT molecular complexity index is 1070. The Hall–Kier alpha value is -3.59. The van der Waals surface area contributed by atoms with Gasteiger partial charge in [-0.2, -0.15) is 10.1 Å². The van der Waals surface area contributed by atoms with Gasteiger partial charge in [-0.3, -0.25) is 14.6 Å². The molecule has 4 rings (SSSR count). The Morgan fingerprint density at radius 1 is 1.14 bits per heavy atom. The van der Waals surface area contributed by atoms with Crippen molar-refractivity contribution in [3.05, 3.63) is 59.7 Å². The minimum atomic E-state index is -0.381. The molecule has 3 heterocycles. The number of halogens is 1. The molecule has 2 aromatic heterocycles. The zero-order valence-corrected chi connectivity index (χ0v) is 15.8. The number of amides is 2. The quantitative estimate of drug-likeness (QED) is 0.691. The number of aromatic nitrogens is 3. The Kier molecular flexibility index (Phi) is 5.30. The molecule has 29 heavy (non-hydrogen) atoms. The summed E-state index contributed by atoms with van der Waals surface area (Å²) in [5.41, 5.74) is 1.78. The minimum Gasteiger partial charge on any atom is -0.332 e. The molecule has 0 fully saturated rings. The van der Waals surface area contributed by atoms with Crippen molar-refractivity contribution in [3.8, 4) is 11.4 Å². The molecule has 1 aromatic carbocycles. The normalized spacial score (nSPS) is 13.9. The number of hydrogen-bond donors (Lipinski definition) is 1. The highest BCUT2D eigenvalue weighted by atomic mass is 35.5. The van der Waals surface area contributed by atoms with E-state index in [4.69, 9.17) is 16.1 Å². The van der Waals surface area contributed by atoms with Gasteiger partial charge in [-0.15, -0.1) is 0 Å². The second-order valence-electron chi connectivity index (χ2n) is 6.21. The Labute approximate surface area is 170 Å². The number of carbonyl (C=O) groups is 2. The number of nitrogens with one attached hydrogen (secondary N) is 1.